The van der Waals surface area contributed by atoms with E-state index in [1.54, 1.807) is 13.2 Å². The van der Waals surface area contributed by atoms with E-state index in [4.69, 9.17) is 4.74 Å². The Kier molecular flexibility index (Phi) is 7.07. The van der Waals surface area contributed by atoms with E-state index in [0.29, 0.717) is 30.1 Å². The monoisotopic (exact) mass is 644 g/mol. The summed E-state index contributed by atoms with van der Waals surface area (Å²) in [6.45, 7) is 3.57. The lowest BCUT2D eigenvalue weighted by atomic mass is 9.81. The van der Waals surface area contributed by atoms with E-state index >= 15 is 0 Å². The zero-order valence-electron chi connectivity index (χ0n) is 27.0. The Hall–Kier alpha value is -3.37. The van der Waals surface area contributed by atoms with Gasteiger partial charge in [0.1, 0.15) is 5.75 Å². The van der Waals surface area contributed by atoms with Crippen LogP contribution >= 0.6 is 0 Å². The van der Waals surface area contributed by atoms with Crippen molar-refractivity contribution in [1.29, 1.82) is 0 Å². The Morgan fingerprint density at radius 2 is 1.74 bits per heavy atom. The van der Waals surface area contributed by atoms with E-state index in [9.17, 15) is 18.0 Å². The Balaban J connectivity index is 1.32. The number of likely N-dealkylation sites (N-methyl/N-ethyl adjacent to an activating group) is 1. The van der Waals surface area contributed by atoms with Crippen LogP contribution in [0.5, 0.6) is 5.75 Å². The molecule has 2 saturated heterocycles. The molecule has 46 heavy (non-hydrogen) atoms. The van der Waals surface area contributed by atoms with Crippen molar-refractivity contribution in [3.8, 4) is 17.0 Å². The fraction of sp³-hybridized carbons (Fsp3) is 0.556. The number of fused-ring (bicyclic) bond motifs is 9. The van der Waals surface area contributed by atoms with Gasteiger partial charge in [-0.15, -0.1) is 0 Å². The summed E-state index contributed by atoms with van der Waals surface area (Å²) >= 11 is 0. The molecule has 4 atom stereocenters. The molecule has 1 aromatic heterocycles. The van der Waals surface area contributed by atoms with Gasteiger partial charge in [0.05, 0.1) is 24.0 Å². The van der Waals surface area contributed by atoms with Gasteiger partial charge in [-0.1, -0.05) is 37.5 Å². The summed E-state index contributed by atoms with van der Waals surface area (Å²) in [4.78, 5) is 32.7. The normalized spacial score (nSPS) is 27.5. The van der Waals surface area contributed by atoms with E-state index in [2.05, 4.69) is 32.2 Å². The maximum absolute atomic E-state index is 14.8. The van der Waals surface area contributed by atoms with Crippen molar-refractivity contribution in [3.05, 3.63) is 53.1 Å². The number of piperazine rings is 1. The summed E-state index contributed by atoms with van der Waals surface area (Å²) in [5, 5.41) is 1.09. The lowest BCUT2D eigenvalue weighted by Gasteiger charge is -2.40. The van der Waals surface area contributed by atoms with Gasteiger partial charge in [0.15, 0.2) is 0 Å². The summed E-state index contributed by atoms with van der Waals surface area (Å²) in [5.74, 6) is 0.661. The number of carbonyl (C=O) groups excluding carboxylic acids is 2. The number of aromatic nitrogens is 1. The Labute approximate surface area is 271 Å². The van der Waals surface area contributed by atoms with Gasteiger partial charge >= 0.3 is 0 Å². The van der Waals surface area contributed by atoms with Crippen LogP contribution in [0.2, 0.25) is 0 Å². The number of hydrogen-bond donors (Lipinski definition) is 1. The van der Waals surface area contributed by atoms with Crippen molar-refractivity contribution in [3.63, 3.8) is 0 Å². The number of sulfonamides is 1. The van der Waals surface area contributed by atoms with Crippen molar-refractivity contribution >= 4 is 32.7 Å². The largest absolute Gasteiger partial charge is 0.496 e. The quantitative estimate of drug-likeness (QED) is 0.394. The van der Waals surface area contributed by atoms with Crippen LogP contribution in [0.3, 0.4) is 0 Å². The van der Waals surface area contributed by atoms with Gasteiger partial charge < -0.3 is 14.2 Å². The first-order chi connectivity index (χ1) is 22.2. The van der Waals surface area contributed by atoms with Crippen LogP contribution in [0.1, 0.15) is 91.6 Å². The van der Waals surface area contributed by atoms with Crippen LogP contribution in [0.15, 0.2) is 36.4 Å². The molecule has 2 aromatic carbocycles. The maximum Gasteiger partial charge on any atom is 0.264 e. The Morgan fingerprint density at radius 1 is 1.00 bits per heavy atom. The first-order valence-electron chi connectivity index (χ1n) is 17.0. The second kappa shape index (κ2) is 10.8. The van der Waals surface area contributed by atoms with Crippen LogP contribution in [-0.2, 0) is 21.4 Å². The molecule has 9 nitrogen and oxygen atoms in total. The standard InChI is InChI=1S/C36H44N4O5S/c1-4-46(43,44)37-34(41)23-13-16-26-29(17-23)40-21-36(35(42)39-19-24-14-15-25(20-39)38(24)2)18-28(36)32-27(11-8-12-30(32)45-3)33(40)31(26)22-9-6-5-7-10-22/h8,11-13,16-17,22,24-25,28H,4-7,9-10,14-15,18-21H2,1-3H3,(H,37,41). The molecule has 244 valence electrons. The number of nitrogens with one attached hydrogen (secondary N) is 1. The van der Waals surface area contributed by atoms with Gasteiger partial charge in [0.25, 0.3) is 5.91 Å². The number of benzene rings is 2. The number of carbonyl (C=O) groups is 2. The highest BCUT2D eigenvalue weighted by molar-refractivity contribution is 7.90. The van der Waals surface area contributed by atoms with Crippen molar-refractivity contribution in [2.75, 3.05) is 33.0 Å². The summed E-state index contributed by atoms with van der Waals surface area (Å²) in [6, 6.07) is 12.7. The summed E-state index contributed by atoms with van der Waals surface area (Å²) in [6.07, 6.45) is 8.80. The topological polar surface area (TPSA) is 101 Å². The predicted molar refractivity (Wildman–Crippen MR) is 178 cm³/mol. The summed E-state index contributed by atoms with van der Waals surface area (Å²) in [5.41, 5.74) is 5.25. The van der Waals surface area contributed by atoms with Gasteiger partial charge in [0, 0.05) is 65.2 Å². The van der Waals surface area contributed by atoms with E-state index in [1.807, 2.05) is 24.3 Å². The summed E-state index contributed by atoms with van der Waals surface area (Å²) in [7, 11) is 0.193. The molecule has 2 aliphatic carbocycles. The average molecular weight is 645 g/mol. The Bertz CT molecular complexity index is 1850. The number of amides is 2. The minimum Gasteiger partial charge on any atom is -0.496 e. The lowest BCUT2D eigenvalue weighted by molar-refractivity contribution is -0.141. The number of rotatable bonds is 6. The highest BCUT2D eigenvalue weighted by atomic mass is 32.2. The predicted octanol–water partition coefficient (Wildman–Crippen LogP) is 5.24. The first kappa shape index (κ1) is 30.0. The molecule has 4 unspecified atom stereocenters. The van der Waals surface area contributed by atoms with Gasteiger partial charge in [0.2, 0.25) is 15.9 Å². The number of methoxy groups -OCH3 is 1. The van der Waals surface area contributed by atoms with Crippen LogP contribution in [-0.4, -0.2) is 79.7 Å². The lowest BCUT2D eigenvalue weighted by Crippen LogP contribution is -2.55. The number of nitrogens with zero attached hydrogens (tertiary/aromatic N) is 3. The third-order valence-electron chi connectivity index (χ3n) is 12.0. The molecule has 5 aliphatic rings. The second-order valence-corrected chi connectivity index (χ2v) is 16.4. The molecule has 2 bridgehead atoms. The van der Waals surface area contributed by atoms with Crippen LogP contribution < -0.4 is 9.46 Å². The molecule has 4 fully saturated rings. The minimum absolute atomic E-state index is 0.0405. The molecule has 0 radical (unpaired) electrons. The first-order valence-corrected chi connectivity index (χ1v) is 18.7. The van der Waals surface area contributed by atoms with Crippen molar-refractivity contribution in [2.45, 2.75) is 88.8 Å². The van der Waals surface area contributed by atoms with Crippen molar-refractivity contribution < 1.29 is 22.7 Å². The molecule has 1 N–H and O–H groups in total. The molecule has 4 heterocycles. The zero-order valence-corrected chi connectivity index (χ0v) is 27.9. The van der Waals surface area contributed by atoms with E-state index < -0.39 is 21.3 Å². The number of likely N-dealkylation sites (tertiary alicyclic amines) is 1. The van der Waals surface area contributed by atoms with Crippen LogP contribution in [0.25, 0.3) is 22.2 Å². The van der Waals surface area contributed by atoms with E-state index in [-0.39, 0.29) is 17.6 Å². The van der Waals surface area contributed by atoms with Crippen molar-refractivity contribution in [1.82, 2.24) is 19.1 Å². The molecule has 2 amide bonds. The highest BCUT2D eigenvalue weighted by Gasteiger charge is 2.65. The maximum atomic E-state index is 14.8. The molecule has 8 rings (SSSR count). The fourth-order valence-electron chi connectivity index (χ4n) is 9.38. The van der Waals surface area contributed by atoms with E-state index in [1.165, 1.54) is 31.7 Å². The van der Waals surface area contributed by atoms with Gasteiger partial charge in [-0.2, -0.15) is 0 Å². The smallest absolute Gasteiger partial charge is 0.264 e. The molecular formula is C36H44N4O5S. The third kappa shape index (κ3) is 4.53. The van der Waals surface area contributed by atoms with Crippen LogP contribution in [0, 0.1) is 5.41 Å². The minimum atomic E-state index is -3.72. The fourth-order valence-corrected chi connectivity index (χ4v) is 9.92. The summed E-state index contributed by atoms with van der Waals surface area (Å²) < 4.78 is 35.2. The van der Waals surface area contributed by atoms with Crippen molar-refractivity contribution in [2.24, 2.45) is 5.41 Å². The van der Waals surface area contributed by atoms with E-state index in [0.717, 1.165) is 78.7 Å². The molecule has 10 heteroatoms. The Morgan fingerprint density at radius 3 is 2.43 bits per heavy atom. The zero-order chi connectivity index (χ0) is 32.0. The number of hydrogen-bond acceptors (Lipinski definition) is 6. The molecule has 0 spiro atoms. The molecule has 3 aliphatic heterocycles. The highest BCUT2D eigenvalue weighted by Crippen LogP contribution is 2.67. The number of ether oxygens (including phenoxy) is 1. The van der Waals surface area contributed by atoms with Gasteiger partial charge in [-0.25, -0.2) is 13.1 Å². The SMILES string of the molecule is CCS(=O)(=O)NC(=O)c1ccc2c(C3CCCCC3)c3n(c2c1)CC1(C(=O)N2CC4CCC(C2)N4C)CC1c1c(OC)cccc1-3. The third-order valence-corrected chi connectivity index (χ3v) is 13.2. The average Bonchev–Trinajstić information content (AvgIpc) is 3.68. The van der Waals surface area contributed by atoms with Gasteiger partial charge in [-0.05, 0) is 75.8 Å². The van der Waals surface area contributed by atoms with Crippen LogP contribution in [0.4, 0.5) is 0 Å². The van der Waals surface area contributed by atoms with Gasteiger partial charge in [-0.3, -0.25) is 14.5 Å². The molecule has 3 aromatic rings. The molecular weight excluding hydrogens is 600 g/mol. The molecule has 2 saturated carbocycles. The second-order valence-electron chi connectivity index (χ2n) is 14.3.